The van der Waals surface area contributed by atoms with Crippen molar-refractivity contribution in [3.8, 4) is 0 Å². The fourth-order valence-electron chi connectivity index (χ4n) is 2.23. The topological polar surface area (TPSA) is 28.4 Å². The van der Waals surface area contributed by atoms with Crippen LogP contribution in [0.25, 0.3) is 0 Å². The molecular weight excluding hydrogens is 188 g/mol. The molecule has 15 heavy (non-hydrogen) atoms. The van der Waals surface area contributed by atoms with Gasteiger partial charge in [0.2, 0.25) is 0 Å². The molecule has 0 aromatic carbocycles. The Morgan fingerprint density at radius 2 is 2.47 bits per heavy atom. The molecule has 1 saturated heterocycles. The van der Waals surface area contributed by atoms with Gasteiger partial charge in [0.05, 0.1) is 12.3 Å². The summed E-state index contributed by atoms with van der Waals surface area (Å²) < 4.78 is 5.45. The van der Waals surface area contributed by atoms with Crippen molar-refractivity contribution in [3.63, 3.8) is 0 Å². The van der Waals surface area contributed by atoms with Gasteiger partial charge in [-0.2, -0.15) is 0 Å². The zero-order valence-electron chi connectivity index (χ0n) is 9.57. The summed E-state index contributed by atoms with van der Waals surface area (Å²) in [7, 11) is 2.19. The van der Waals surface area contributed by atoms with Crippen molar-refractivity contribution in [1.29, 1.82) is 0 Å². The van der Waals surface area contributed by atoms with Gasteiger partial charge in [-0.25, -0.2) is 0 Å². The van der Waals surface area contributed by atoms with Crippen molar-refractivity contribution in [2.45, 2.75) is 31.8 Å². The third kappa shape index (κ3) is 2.41. The van der Waals surface area contributed by atoms with E-state index in [9.17, 15) is 0 Å². The molecule has 1 aromatic rings. The molecule has 0 aliphatic carbocycles. The Hall–Kier alpha value is -0.800. The van der Waals surface area contributed by atoms with Crippen LogP contribution in [0, 0.1) is 0 Å². The molecule has 0 amide bonds. The molecule has 2 rings (SSSR count). The first-order valence-corrected chi connectivity index (χ1v) is 5.75. The lowest BCUT2D eigenvalue weighted by molar-refractivity contribution is 0.141. The van der Waals surface area contributed by atoms with Crippen LogP contribution in [0.5, 0.6) is 0 Å². The maximum atomic E-state index is 5.45. The second kappa shape index (κ2) is 4.81. The summed E-state index contributed by atoms with van der Waals surface area (Å²) in [6.45, 7) is 4.47. The Balaban J connectivity index is 1.97. The number of nitrogens with one attached hydrogen (secondary N) is 1. The van der Waals surface area contributed by atoms with Crippen LogP contribution in [0.15, 0.2) is 22.8 Å². The third-order valence-corrected chi connectivity index (χ3v) is 3.41. The standard InChI is InChI=1S/C12H20N2O/c1-10(12-6-4-8-15-12)14(2)11-5-3-7-13-9-11/h4,6,8,10-11,13H,3,5,7,9H2,1-2H3/t10-,11+/m0/s1. The molecule has 1 aromatic heterocycles. The number of likely N-dealkylation sites (N-methyl/N-ethyl adjacent to an activating group) is 1. The first-order valence-electron chi connectivity index (χ1n) is 5.75. The summed E-state index contributed by atoms with van der Waals surface area (Å²) in [6.07, 6.45) is 4.31. The Bertz CT molecular complexity index is 278. The van der Waals surface area contributed by atoms with E-state index in [0.717, 1.165) is 12.3 Å². The maximum absolute atomic E-state index is 5.45. The minimum atomic E-state index is 0.366. The van der Waals surface area contributed by atoms with E-state index in [1.54, 1.807) is 6.26 Å². The molecule has 0 bridgehead atoms. The number of rotatable bonds is 3. The quantitative estimate of drug-likeness (QED) is 0.824. The van der Waals surface area contributed by atoms with Crippen LogP contribution in [-0.4, -0.2) is 31.1 Å². The average Bonchev–Trinajstić information content (AvgIpc) is 2.82. The van der Waals surface area contributed by atoms with Gasteiger partial charge in [0.25, 0.3) is 0 Å². The third-order valence-electron chi connectivity index (χ3n) is 3.41. The van der Waals surface area contributed by atoms with Gasteiger partial charge in [-0.3, -0.25) is 4.90 Å². The number of furan rings is 1. The zero-order valence-corrected chi connectivity index (χ0v) is 9.57. The number of hydrogen-bond donors (Lipinski definition) is 1. The molecule has 0 unspecified atom stereocenters. The molecule has 0 spiro atoms. The van der Waals surface area contributed by atoms with E-state index in [1.165, 1.54) is 19.4 Å². The normalized spacial score (nSPS) is 24.3. The minimum Gasteiger partial charge on any atom is -0.468 e. The minimum absolute atomic E-state index is 0.366. The first kappa shape index (κ1) is 10.7. The van der Waals surface area contributed by atoms with Crippen LogP contribution in [0.4, 0.5) is 0 Å². The zero-order chi connectivity index (χ0) is 10.7. The largest absolute Gasteiger partial charge is 0.468 e. The van der Waals surface area contributed by atoms with E-state index in [4.69, 9.17) is 4.42 Å². The highest BCUT2D eigenvalue weighted by atomic mass is 16.3. The molecule has 2 atom stereocenters. The SMILES string of the molecule is C[C@@H](c1ccco1)N(C)[C@@H]1CCCNC1. The smallest absolute Gasteiger partial charge is 0.120 e. The van der Waals surface area contributed by atoms with E-state index in [1.807, 2.05) is 6.07 Å². The number of hydrogen-bond acceptors (Lipinski definition) is 3. The Morgan fingerprint density at radius 1 is 1.60 bits per heavy atom. The predicted octanol–water partition coefficient (Wildman–Crippen LogP) is 2.02. The van der Waals surface area contributed by atoms with Crippen molar-refractivity contribution in [2.24, 2.45) is 0 Å². The average molecular weight is 208 g/mol. The lowest BCUT2D eigenvalue weighted by atomic mass is 10.0. The highest BCUT2D eigenvalue weighted by molar-refractivity contribution is 5.04. The van der Waals surface area contributed by atoms with Gasteiger partial charge in [-0.1, -0.05) is 0 Å². The highest BCUT2D eigenvalue weighted by Crippen LogP contribution is 2.23. The van der Waals surface area contributed by atoms with Crippen molar-refractivity contribution >= 4 is 0 Å². The Labute approximate surface area is 91.4 Å². The molecular formula is C12H20N2O. The second-order valence-electron chi connectivity index (χ2n) is 4.36. The van der Waals surface area contributed by atoms with Crippen molar-refractivity contribution < 1.29 is 4.42 Å². The monoisotopic (exact) mass is 208 g/mol. The Morgan fingerprint density at radius 3 is 3.07 bits per heavy atom. The summed E-state index contributed by atoms with van der Waals surface area (Å²) in [5.74, 6) is 1.06. The molecule has 3 heteroatoms. The van der Waals surface area contributed by atoms with Gasteiger partial charge in [-0.15, -0.1) is 0 Å². The molecule has 0 radical (unpaired) electrons. The predicted molar refractivity (Wildman–Crippen MR) is 60.8 cm³/mol. The van der Waals surface area contributed by atoms with E-state index in [-0.39, 0.29) is 0 Å². The van der Waals surface area contributed by atoms with Crippen LogP contribution in [0.1, 0.15) is 31.6 Å². The molecule has 1 N–H and O–H groups in total. The van der Waals surface area contributed by atoms with Gasteiger partial charge in [0, 0.05) is 12.6 Å². The Kier molecular flexibility index (Phi) is 3.44. The van der Waals surface area contributed by atoms with Crippen LogP contribution >= 0.6 is 0 Å². The molecule has 84 valence electrons. The van der Waals surface area contributed by atoms with Crippen molar-refractivity contribution in [1.82, 2.24) is 10.2 Å². The van der Waals surface area contributed by atoms with Crippen LogP contribution in [0.2, 0.25) is 0 Å². The molecule has 1 aliphatic heterocycles. The molecule has 2 heterocycles. The van der Waals surface area contributed by atoms with E-state index in [0.29, 0.717) is 12.1 Å². The molecule has 1 fully saturated rings. The van der Waals surface area contributed by atoms with E-state index >= 15 is 0 Å². The molecule has 1 aliphatic rings. The van der Waals surface area contributed by atoms with Gasteiger partial charge < -0.3 is 9.73 Å². The van der Waals surface area contributed by atoms with Gasteiger partial charge in [0.15, 0.2) is 0 Å². The van der Waals surface area contributed by atoms with Crippen LogP contribution in [-0.2, 0) is 0 Å². The van der Waals surface area contributed by atoms with E-state index in [2.05, 4.69) is 30.3 Å². The van der Waals surface area contributed by atoms with Gasteiger partial charge in [-0.05, 0) is 45.5 Å². The summed E-state index contributed by atoms with van der Waals surface area (Å²) in [5.41, 5.74) is 0. The fraction of sp³-hybridized carbons (Fsp3) is 0.667. The summed E-state index contributed by atoms with van der Waals surface area (Å²) in [5, 5.41) is 3.44. The van der Waals surface area contributed by atoms with Crippen molar-refractivity contribution in [3.05, 3.63) is 24.2 Å². The number of piperidine rings is 1. The highest BCUT2D eigenvalue weighted by Gasteiger charge is 2.23. The maximum Gasteiger partial charge on any atom is 0.120 e. The van der Waals surface area contributed by atoms with Gasteiger partial charge in [0.1, 0.15) is 5.76 Å². The summed E-state index contributed by atoms with van der Waals surface area (Å²) in [4.78, 5) is 2.41. The molecule has 0 saturated carbocycles. The van der Waals surface area contributed by atoms with Gasteiger partial charge >= 0.3 is 0 Å². The van der Waals surface area contributed by atoms with Crippen molar-refractivity contribution in [2.75, 3.05) is 20.1 Å². The summed E-state index contributed by atoms with van der Waals surface area (Å²) in [6, 6.07) is 5.01. The van der Waals surface area contributed by atoms with Crippen LogP contribution < -0.4 is 5.32 Å². The number of nitrogens with zero attached hydrogens (tertiary/aromatic N) is 1. The summed E-state index contributed by atoms with van der Waals surface area (Å²) >= 11 is 0. The van der Waals surface area contributed by atoms with Crippen LogP contribution in [0.3, 0.4) is 0 Å². The second-order valence-corrected chi connectivity index (χ2v) is 4.36. The fourth-order valence-corrected chi connectivity index (χ4v) is 2.23. The lowest BCUT2D eigenvalue weighted by Crippen LogP contribution is -2.44. The first-order chi connectivity index (χ1) is 7.29. The lowest BCUT2D eigenvalue weighted by Gasteiger charge is -2.35. The van der Waals surface area contributed by atoms with E-state index < -0.39 is 0 Å². The molecule has 3 nitrogen and oxygen atoms in total.